The van der Waals surface area contributed by atoms with E-state index in [1.54, 1.807) is 18.2 Å². The predicted molar refractivity (Wildman–Crippen MR) is 104 cm³/mol. The first-order valence-electron chi connectivity index (χ1n) is 9.17. The number of carbonyl (C=O) groups is 2. The number of methoxy groups -OCH3 is 1. The van der Waals surface area contributed by atoms with Crippen LogP contribution in [-0.2, 0) is 19.6 Å². The van der Waals surface area contributed by atoms with E-state index in [9.17, 15) is 26.8 Å². The van der Waals surface area contributed by atoms with Crippen molar-refractivity contribution in [3.05, 3.63) is 59.7 Å². The lowest BCUT2D eigenvalue weighted by atomic mass is 9.97. The largest absolute Gasteiger partial charge is 0.465 e. The van der Waals surface area contributed by atoms with Crippen molar-refractivity contribution in [1.82, 2.24) is 4.31 Å². The molecule has 0 aromatic heterocycles. The summed E-state index contributed by atoms with van der Waals surface area (Å²) in [5, 5.41) is 2.36. The van der Waals surface area contributed by atoms with Crippen molar-refractivity contribution >= 4 is 27.6 Å². The smallest absolute Gasteiger partial charge is 0.340 e. The zero-order chi connectivity index (χ0) is 21.9. The van der Waals surface area contributed by atoms with Crippen molar-refractivity contribution < 1.29 is 31.5 Å². The number of amides is 1. The van der Waals surface area contributed by atoms with Gasteiger partial charge in [0.15, 0.2) is 0 Å². The van der Waals surface area contributed by atoms with Crippen molar-refractivity contribution in [3.8, 4) is 0 Å². The number of piperidine rings is 1. The van der Waals surface area contributed by atoms with Crippen molar-refractivity contribution in [3.63, 3.8) is 0 Å². The molecule has 1 saturated heterocycles. The van der Waals surface area contributed by atoms with Gasteiger partial charge < -0.3 is 10.1 Å². The molecule has 1 aliphatic rings. The summed E-state index contributed by atoms with van der Waals surface area (Å²) in [4.78, 5) is 24.3. The second-order valence-electron chi connectivity index (χ2n) is 6.78. The fraction of sp³-hybridized carbons (Fsp3) is 0.300. The van der Waals surface area contributed by atoms with Gasteiger partial charge in [-0.1, -0.05) is 18.2 Å². The van der Waals surface area contributed by atoms with Crippen LogP contribution in [0.5, 0.6) is 0 Å². The molecule has 0 unspecified atom stereocenters. The summed E-state index contributed by atoms with van der Waals surface area (Å²) in [6, 6.07) is 9.37. The molecule has 1 fully saturated rings. The topological polar surface area (TPSA) is 92.8 Å². The minimum absolute atomic E-state index is 0.134. The Morgan fingerprint density at radius 2 is 1.70 bits per heavy atom. The lowest BCUT2D eigenvalue weighted by Crippen LogP contribution is -2.41. The number of sulfonamides is 1. The molecular formula is C20H20F2N2O5S. The van der Waals surface area contributed by atoms with E-state index < -0.39 is 45.0 Å². The van der Waals surface area contributed by atoms with Gasteiger partial charge in [-0.05, 0) is 31.0 Å². The number of nitrogens with zero attached hydrogens (tertiary/aromatic N) is 1. The third-order valence-electron chi connectivity index (χ3n) is 4.93. The second-order valence-corrected chi connectivity index (χ2v) is 8.72. The first-order chi connectivity index (χ1) is 14.2. The maximum absolute atomic E-state index is 14.0. The normalized spacial score (nSPS) is 15.6. The molecule has 10 heteroatoms. The molecule has 0 radical (unpaired) electrons. The zero-order valence-corrected chi connectivity index (χ0v) is 16.9. The molecule has 3 rings (SSSR count). The third kappa shape index (κ3) is 4.49. The van der Waals surface area contributed by atoms with E-state index in [0.717, 1.165) is 13.2 Å². The first kappa shape index (κ1) is 21.8. The van der Waals surface area contributed by atoms with Gasteiger partial charge in [0, 0.05) is 25.1 Å². The highest BCUT2D eigenvalue weighted by Gasteiger charge is 2.32. The zero-order valence-electron chi connectivity index (χ0n) is 16.1. The maximum Gasteiger partial charge on any atom is 0.340 e. The lowest BCUT2D eigenvalue weighted by molar-refractivity contribution is -0.120. The number of rotatable bonds is 5. The average molecular weight is 438 g/mol. The molecule has 1 amide bonds. The van der Waals surface area contributed by atoms with E-state index in [1.807, 2.05) is 0 Å². The molecular weight excluding hydrogens is 418 g/mol. The monoisotopic (exact) mass is 438 g/mol. The Bertz CT molecular complexity index is 1050. The van der Waals surface area contributed by atoms with E-state index >= 15 is 0 Å². The van der Waals surface area contributed by atoms with Gasteiger partial charge in [0.2, 0.25) is 15.9 Å². The van der Waals surface area contributed by atoms with Gasteiger partial charge in [-0.3, -0.25) is 4.79 Å². The van der Waals surface area contributed by atoms with Crippen molar-refractivity contribution in [2.24, 2.45) is 5.92 Å². The number of carbonyl (C=O) groups excluding carboxylic acids is 2. The van der Waals surface area contributed by atoms with E-state index in [-0.39, 0.29) is 36.5 Å². The second kappa shape index (κ2) is 8.88. The van der Waals surface area contributed by atoms with E-state index in [1.165, 1.54) is 16.4 Å². The number of anilines is 1. The molecule has 160 valence electrons. The molecule has 30 heavy (non-hydrogen) atoms. The average Bonchev–Trinajstić information content (AvgIpc) is 2.75. The number of esters is 1. The van der Waals surface area contributed by atoms with Crippen LogP contribution in [0.2, 0.25) is 0 Å². The molecule has 0 spiro atoms. The summed E-state index contributed by atoms with van der Waals surface area (Å²) in [7, 11) is -2.59. The Labute approximate surface area is 172 Å². The summed E-state index contributed by atoms with van der Waals surface area (Å²) >= 11 is 0. The molecule has 2 aromatic rings. The first-order valence-corrected chi connectivity index (χ1v) is 10.6. The van der Waals surface area contributed by atoms with Crippen LogP contribution >= 0.6 is 0 Å². The Balaban J connectivity index is 1.67. The molecule has 1 N–H and O–H groups in total. The number of hydrogen-bond acceptors (Lipinski definition) is 5. The Hall–Kier alpha value is -2.85. The van der Waals surface area contributed by atoms with E-state index in [2.05, 4.69) is 10.1 Å². The molecule has 1 aliphatic heterocycles. The van der Waals surface area contributed by atoms with Gasteiger partial charge in [-0.2, -0.15) is 4.31 Å². The fourth-order valence-corrected chi connectivity index (χ4v) is 4.74. The number of hydrogen-bond donors (Lipinski definition) is 1. The Kier molecular flexibility index (Phi) is 6.47. The van der Waals surface area contributed by atoms with Gasteiger partial charge >= 0.3 is 5.97 Å². The van der Waals surface area contributed by atoms with Crippen molar-refractivity contribution in [2.75, 3.05) is 25.5 Å². The quantitative estimate of drug-likeness (QED) is 0.725. The third-order valence-corrected chi connectivity index (χ3v) is 6.84. The highest BCUT2D eigenvalue weighted by atomic mass is 32.2. The highest BCUT2D eigenvalue weighted by Crippen LogP contribution is 2.26. The minimum atomic E-state index is -3.65. The van der Waals surface area contributed by atoms with Crippen LogP contribution in [0, 0.1) is 17.6 Å². The molecule has 7 nitrogen and oxygen atoms in total. The Morgan fingerprint density at radius 3 is 2.30 bits per heavy atom. The summed E-state index contributed by atoms with van der Waals surface area (Å²) < 4.78 is 58.8. The molecule has 0 bridgehead atoms. The Morgan fingerprint density at radius 1 is 1.07 bits per heavy atom. The van der Waals surface area contributed by atoms with Crippen LogP contribution in [0.15, 0.2) is 47.4 Å². The van der Waals surface area contributed by atoms with E-state index in [4.69, 9.17) is 0 Å². The van der Waals surface area contributed by atoms with Crippen LogP contribution in [0.1, 0.15) is 23.2 Å². The van der Waals surface area contributed by atoms with Gasteiger partial charge in [-0.25, -0.2) is 22.0 Å². The highest BCUT2D eigenvalue weighted by molar-refractivity contribution is 7.89. The minimum Gasteiger partial charge on any atom is -0.465 e. The van der Waals surface area contributed by atoms with Crippen LogP contribution in [0.3, 0.4) is 0 Å². The summed E-state index contributed by atoms with van der Waals surface area (Å²) in [6.07, 6.45) is 0.481. The number of nitrogens with one attached hydrogen (secondary N) is 1. The molecule has 2 aromatic carbocycles. The summed E-state index contributed by atoms with van der Waals surface area (Å²) in [5.41, 5.74) is -0.848. The molecule has 0 aliphatic carbocycles. The number of ether oxygens (including phenoxy) is 1. The van der Waals surface area contributed by atoms with Crippen LogP contribution < -0.4 is 5.32 Å². The molecule has 0 atom stereocenters. The van der Waals surface area contributed by atoms with Gasteiger partial charge in [-0.15, -0.1) is 0 Å². The van der Waals surface area contributed by atoms with Crippen molar-refractivity contribution in [2.45, 2.75) is 17.7 Å². The van der Waals surface area contributed by atoms with Crippen molar-refractivity contribution in [1.29, 1.82) is 0 Å². The standard InChI is InChI=1S/C20H20F2N2O5S/c1-29-20(26)15-11-18(17(22)12-16(15)21)23-19(25)13-7-9-24(10-8-13)30(27,28)14-5-3-2-4-6-14/h2-6,11-13H,7-10H2,1H3,(H,23,25). The SMILES string of the molecule is COC(=O)c1cc(NC(=O)C2CCN(S(=O)(=O)c3ccccc3)CC2)c(F)cc1F. The molecule has 0 saturated carbocycles. The predicted octanol–water partition coefficient (Wildman–Crippen LogP) is 2.79. The summed E-state index contributed by atoms with van der Waals surface area (Å²) in [6.45, 7) is 0.267. The number of halogens is 2. The fourth-order valence-electron chi connectivity index (χ4n) is 3.25. The van der Waals surface area contributed by atoms with Gasteiger partial charge in [0.1, 0.15) is 11.6 Å². The summed E-state index contributed by atoms with van der Waals surface area (Å²) in [5.74, 6) is -4.22. The van der Waals surface area contributed by atoms with Gasteiger partial charge in [0.05, 0.1) is 23.3 Å². The van der Waals surface area contributed by atoms with Crippen LogP contribution in [0.4, 0.5) is 14.5 Å². The van der Waals surface area contributed by atoms with Gasteiger partial charge in [0.25, 0.3) is 0 Å². The molecule has 1 heterocycles. The number of benzene rings is 2. The van der Waals surface area contributed by atoms with Crippen LogP contribution in [-0.4, -0.2) is 44.8 Å². The lowest BCUT2D eigenvalue weighted by Gasteiger charge is -2.30. The van der Waals surface area contributed by atoms with E-state index in [0.29, 0.717) is 6.07 Å². The maximum atomic E-state index is 14.0. The van der Waals surface area contributed by atoms with Crippen LogP contribution in [0.25, 0.3) is 0 Å².